The van der Waals surface area contributed by atoms with Crippen molar-refractivity contribution in [2.24, 2.45) is 0 Å². The van der Waals surface area contributed by atoms with Crippen molar-refractivity contribution in [1.82, 2.24) is 14.9 Å². The van der Waals surface area contributed by atoms with E-state index in [1.165, 1.54) is 25.8 Å². The van der Waals surface area contributed by atoms with E-state index in [0.717, 1.165) is 23.4 Å². The van der Waals surface area contributed by atoms with Crippen molar-refractivity contribution in [2.75, 3.05) is 24.5 Å². The number of anilines is 1. The highest BCUT2D eigenvalue weighted by atomic mass is 79.9. The third-order valence-electron chi connectivity index (χ3n) is 4.16. The molecule has 2 saturated heterocycles. The maximum atomic E-state index is 5.94. The Kier molecular flexibility index (Phi) is 3.96. The van der Waals surface area contributed by atoms with Crippen LogP contribution in [0.1, 0.15) is 26.2 Å². The fourth-order valence-corrected chi connectivity index (χ4v) is 3.73. The first kappa shape index (κ1) is 13.6. The maximum Gasteiger partial charge on any atom is 0.224 e. The topological polar surface area (TPSA) is 32.3 Å². The molecule has 3 heterocycles. The zero-order valence-corrected chi connectivity index (χ0v) is 13.4. The highest BCUT2D eigenvalue weighted by Gasteiger charge is 2.34. The smallest absolute Gasteiger partial charge is 0.224 e. The largest absolute Gasteiger partial charge is 0.350 e. The highest BCUT2D eigenvalue weighted by Crippen LogP contribution is 2.31. The van der Waals surface area contributed by atoms with Crippen molar-refractivity contribution < 1.29 is 0 Å². The molecule has 19 heavy (non-hydrogen) atoms. The predicted octanol–water partition coefficient (Wildman–Crippen LogP) is 2.96. The number of nitrogens with zero attached hydrogens (tertiary/aromatic N) is 4. The van der Waals surface area contributed by atoms with E-state index in [1.807, 2.05) is 0 Å². The SMILES string of the molecule is CC1CN2CCCCC2CN1c1nc(Cl)ncc1Br. The van der Waals surface area contributed by atoms with Crippen LogP contribution in [0, 0.1) is 0 Å². The van der Waals surface area contributed by atoms with Gasteiger partial charge in [-0.05, 0) is 53.8 Å². The van der Waals surface area contributed by atoms with Crippen molar-refractivity contribution in [3.05, 3.63) is 16.0 Å². The van der Waals surface area contributed by atoms with Crippen molar-refractivity contribution in [3.8, 4) is 0 Å². The molecule has 0 amide bonds. The Hall–Kier alpha value is -0.390. The third-order valence-corrected chi connectivity index (χ3v) is 4.90. The molecule has 2 fully saturated rings. The number of fused-ring (bicyclic) bond motifs is 1. The first-order valence-electron chi connectivity index (χ1n) is 6.84. The molecule has 0 radical (unpaired) electrons. The average molecular weight is 346 g/mol. The minimum atomic E-state index is 0.316. The van der Waals surface area contributed by atoms with Crippen LogP contribution in [0.5, 0.6) is 0 Å². The fourth-order valence-electron chi connectivity index (χ4n) is 3.19. The van der Waals surface area contributed by atoms with Gasteiger partial charge in [0.15, 0.2) is 0 Å². The summed E-state index contributed by atoms with van der Waals surface area (Å²) in [6, 6.07) is 1.11. The molecule has 6 heteroatoms. The molecule has 0 spiro atoms. The standard InChI is InChI=1S/C13H18BrClN4/c1-9-7-18-5-3-2-4-10(18)8-19(9)12-11(14)6-16-13(15)17-12/h6,9-10H,2-5,7-8H2,1H3. The molecule has 2 aliphatic rings. The second-order valence-corrected chi connectivity index (χ2v) is 6.65. The Bertz CT molecular complexity index is 470. The van der Waals surface area contributed by atoms with Gasteiger partial charge in [-0.15, -0.1) is 0 Å². The summed E-state index contributed by atoms with van der Waals surface area (Å²) < 4.78 is 0.924. The molecule has 0 bridgehead atoms. The number of hydrogen-bond donors (Lipinski definition) is 0. The molecule has 4 nitrogen and oxygen atoms in total. The Labute approximate surface area is 127 Å². The van der Waals surface area contributed by atoms with Crippen LogP contribution in [0.2, 0.25) is 5.28 Å². The molecule has 0 aliphatic carbocycles. The summed E-state index contributed by atoms with van der Waals surface area (Å²) in [5, 5.41) is 0.316. The number of halogens is 2. The average Bonchev–Trinajstić information content (AvgIpc) is 2.41. The Morgan fingerprint density at radius 3 is 3.05 bits per heavy atom. The normalized spacial score (nSPS) is 28.3. The van der Waals surface area contributed by atoms with Gasteiger partial charge in [0.05, 0.1) is 4.47 Å². The van der Waals surface area contributed by atoms with Crippen LogP contribution >= 0.6 is 27.5 Å². The summed E-state index contributed by atoms with van der Waals surface area (Å²) in [4.78, 5) is 13.4. The molecular formula is C13H18BrClN4. The van der Waals surface area contributed by atoms with Gasteiger partial charge in [0, 0.05) is 31.4 Å². The molecule has 1 aromatic heterocycles. The lowest BCUT2D eigenvalue weighted by Gasteiger charge is -2.48. The van der Waals surface area contributed by atoms with Gasteiger partial charge in [-0.3, -0.25) is 4.90 Å². The summed E-state index contributed by atoms with van der Waals surface area (Å²) in [7, 11) is 0. The fraction of sp³-hybridized carbons (Fsp3) is 0.692. The second kappa shape index (κ2) is 5.54. The molecule has 0 aromatic carbocycles. The van der Waals surface area contributed by atoms with Crippen molar-refractivity contribution >= 4 is 33.3 Å². The Balaban J connectivity index is 1.85. The second-order valence-electron chi connectivity index (χ2n) is 5.46. The molecule has 104 valence electrons. The van der Waals surface area contributed by atoms with Crippen molar-refractivity contribution in [1.29, 1.82) is 0 Å². The molecule has 3 rings (SSSR count). The Morgan fingerprint density at radius 1 is 1.37 bits per heavy atom. The molecule has 0 N–H and O–H groups in total. The van der Waals surface area contributed by atoms with Gasteiger partial charge < -0.3 is 4.90 Å². The van der Waals surface area contributed by atoms with Gasteiger partial charge >= 0.3 is 0 Å². The third kappa shape index (κ3) is 2.73. The van der Waals surface area contributed by atoms with Crippen molar-refractivity contribution in [2.45, 2.75) is 38.3 Å². The molecular weight excluding hydrogens is 328 g/mol. The van der Waals surface area contributed by atoms with Gasteiger partial charge in [0.1, 0.15) is 5.82 Å². The van der Waals surface area contributed by atoms with Gasteiger partial charge in [-0.1, -0.05) is 6.42 Å². The lowest BCUT2D eigenvalue weighted by molar-refractivity contribution is 0.115. The van der Waals surface area contributed by atoms with Crippen LogP contribution in [0.15, 0.2) is 10.7 Å². The summed E-state index contributed by atoms with van der Waals surface area (Å²) >= 11 is 9.48. The summed E-state index contributed by atoms with van der Waals surface area (Å²) in [6.07, 6.45) is 5.71. The highest BCUT2D eigenvalue weighted by molar-refractivity contribution is 9.10. The molecule has 2 aliphatic heterocycles. The van der Waals surface area contributed by atoms with E-state index in [-0.39, 0.29) is 0 Å². The minimum Gasteiger partial charge on any atom is -0.350 e. The Morgan fingerprint density at radius 2 is 2.21 bits per heavy atom. The zero-order chi connectivity index (χ0) is 13.4. The predicted molar refractivity (Wildman–Crippen MR) is 80.8 cm³/mol. The number of piperidine rings is 1. The van der Waals surface area contributed by atoms with Crippen LogP contribution in [0.25, 0.3) is 0 Å². The summed E-state index contributed by atoms with van der Waals surface area (Å²) in [5.74, 6) is 0.928. The number of rotatable bonds is 1. The van der Waals surface area contributed by atoms with Crippen molar-refractivity contribution in [3.63, 3.8) is 0 Å². The van der Waals surface area contributed by atoms with Crippen LogP contribution in [-0.4, -0.2) is 46.6 Å². The van der Waals surface area contributed by atoms with Gasteiger partial charge in [-0.25, -0.2) is 4.98 Å². The number of hydrogen-bond acceptors (Lipinski definition) is 4. The van der Waals surface area contributed by atoms with Crippen LogP contribution in [0.3, 0.4) is 0 Å². The van der Waals surface area contributed by atoms with Crippen LogP contribution in [-0.2, 0) is 0 Å². The first-order chi connectivity index (χ1) is 9.15. The maximum absolute atomic E-state index is 5.94. The number of aromatic nitrogens is 2. The molecule has 0 saturated carbocycles. The quantitative estimate of drug-likeness (QED) is 0.733. The summed E-state index contributed by atoms with van der Waals surface area (Å²) in [5.41, 5.74) is 0. The summed E-state index contributed by atoms with van der Waals surface area (Å²) in [6.45, 7) is 5.65. The van der Waals surface area contributed by atoms with Gasteiger partial charge in [-0.2, -0.15) is 4.98 Å². The first-order valence-corrected chi connectivity index (χ1v) is 8.01. The van der Waals surface area contributed by atoms with Crippen LogP contribution < -0.4 is 4.90 Å². The zero-order valence-electron chi connectivity index (χ0n) is 11.0. The van der Waals surface area contributed by atoms with Gasteiger partial charge in [0.2, 0.25) is 5.28 Å². The molecule has 2 unspecified atom stereocenters. The lowest BCUT2D eigenvalue weighted by atomic mass is 9.97. The number of piperazine rings is 1. The van der Waals surface area contributed by atoms with E-state index in [9.17, 15) is 0 Å². The lowest BCUT2D eigenvalue weighted by Crippen LogP contribution is -2.59. The van der Waals surface area contributed by atoms with Crippen LogP contribution in [0.4, 0.5) is 5.82 Å². The monoisotopic (exact) mass is 344 g/mol. The molecule has 1 aromatic rings. The molecule has 2 atom stereocenters. The van der Waals surface area contributed by atoms with E-state index in [2.05, 4.69) is 42.6 Å². The van der Waals surface area contributed by atoms with Gasteiger partial charge in [0.25, 0.3) is 0 Å². The van der Waals surface area contributed by atoms with E-state index in [4.69, 9.17) is 11.6 Å². The van der Waals surface area contributed by atoms with E-state index in [1.54, 1.807) is 6.20 Å². The minimum absolute atomic E-state index is 0.316. The van der Waals surface area contributed by atoms with E-state index >= 15 is 0 Å². The van der Waals surface area contributed by atoms with E-state index < -0.39 is 0 Å². The van der Waals surface area contributed by atoms with E-state index in [0.29, 0.717) is 17.4 Å².